The van der Waals surface area contributed by atoms with Crippen LogP contribution in [0.1, 0.15) is 26.3 Å². The third kappa shape index (κ3) is 4.11. The summed E-state index contributed by atoms with van der Waals surface area (Å²) in [5.74, 6) is 0. The standard InChI is InChI=1S/C19H25BOSi/c1-19(2,3)22(4,5)21-14-15-6-8-16(9-7-15)17-10-12-18(20)13-11-17/h6-13H,14H2,1-5H3. The first kappa shape index (κ1) is 17.0. The highest BCUT2D eigenvalue weighted by atomic mass is 28.4. The molecule has 0 aliphatic heterocycles. The van der Waals surface area contributed by atoms with Gasteiger partial charge in [-0.3, -0.25) is 0 Å². The molecule has 0 aliphatic carbocycles. The molecule has 22 heavy (non-hydrogen) atoms. The fourth-order valence-electron chi connectivity index (χ4n) is 1.95. The molecule has 0 amide bonds. The molecule has 3 heteroatoms. The molecule has 114 valence electrons. The van der Waals surface area contributed by atoms with E-state index < -0.39 is 8.32 Å². The average Bonchev–Trinajstić information content (AvgIpc) is 2.45. The molecule has 2 radical (unpaired) electrons. The molecule has 0 heterocycles. The van der Waals surface area contributed by atoms with Gasteiger partial charge < -0.3 is 4.43 Å². The van der Waals surface area contributed by atoms with Gasteiger partial charge in [-0.1, -0.05) is 74.8 Å². The average molecular weight is 308 g/mol. The van der Waals surface area contributed by atoms with Crippen molar-refractivity contribution in [3.8, 4) is 11.1 Å². The Labute approximate surface area is 137 Å². The first-order chi connectivity index (χ1) is 10.2. The molecule has 0 saturated heterocycles. The highest BCUT2D eigenvalue weighted by Gasteiger charge is 2.36. The van der Waals surface area contributed by atoms with Crippen LogP contribution in [0.15, 0.2) is 48.5 Å². The Kier molecular flexibility index (Phi) is 4.98. The molecule has 0 fully saturated rings. The molecule has 0 bridgehead atoms. The molecule has 0 aromatic heterocycles. The summed E-state index contributed by atoms with van der Waals surface area (Å²) in [5.41, 5.74) is 4.41. The van der Waals surface area contributed by atoms with E-state index in [0.717, 1.165) is 5.46 Å². The van der Waals surface area contributed by atoms with E-state index in [-0.39, 0.29) is 5.04 Å². The Morgan fingerprint density at radius 1 is 0.864 bits per heavy atom. The van der Waals surface area contributed by atoms with Gasteiger partial charge in [0.25, 0.3) is 0 Å². The van der Waals surface area contributed by atoms with Crippen LogP contribution in [0.5, 0.6) is 0 Å². The van der Waals surface area contributed by atoms with Crippen LogP contribution in [-0.2, 0) is 11.0 Å². The van der Waals surface area contributed by atoms with E-state index in [0.29, 0.717) is 6.61 Å². The molecule has 0 saturated carbocycles. The van der Waals surface area contributed by atoms with Gasteiger partial charge in [0, 0.05) is 0 Å². The maximum absolute atomic E-state index is 6.26. The van der Waals surface area contributed by atoms with Gasteiger partial charge in [0.1, 0.15) is 7.85 Å². The van der Waals surface area contributed by atoms with Crippen LogP contribution in [0.4, 0.5) is 0 Å². The Hall–Kier alpha value is -1.32. The predicted octanol–water partition coefficient (Wildman–Crippen LogP) is 4.67. The third-order valence-corrected chi connectivity index (χ3v) is 9.08. The summed E-state index contributed by atoms with van der Waals surface area (Å²) in [7, 11) is 4.05. The largest absolute Gasteiger partial charge is 0.413 e. The highest BCUT2D eigenvalue weighted by Crippen LogP contribution is 2.37. The Morgan fingerprint density at radius 3 is 1.77 bits per heavy atom. The zero-order chi connectivity index (χ0) is 16.4. The van der Waals surface area contributed by atoms with Crippen molar-refractivity contribution in [1.29, 1.82) is 0 Å². The number of hydrogen-bond acceptors (Lipinski definition) is 1. The van der Waals surface area contributed by atoms with Crippen LogP contribution >= 0.6 is 0 Å². The smallest absolute Gasteiger partial charge is 0.192 e. The number of hydrogen-bond donors (Lipinski definition) is 0. The van der Waals surface area contributed by atoms with Gasteiger partial charge in [0.15, 0.2) is 8.32 Å². The second-order valence-corrected chi connectivity index (χ2v) is 12.2. The number of benzene rings is 2. The lowest BCUT2D eigenvalue weighted by molar-refractivity contribution is 0.276. The molecule has 0 aliphatic rings. The molecular formula is C19H25BOSi. The van der Waals surface area contributed by atoms with Gasteiger partial charge in [-0.15, -0.1) is 0 Å². The summed E-state index contributed by atoms with van der Waals surface area (Å²) in [6.07, 6.45) is 0. The van der Waals surface area contributed by atoms with Crippen molar-refractivity contribution in [3.63, 3.8) is 0 Å². The summed E-state index contributed by atoms with van der Waals surface area (Å²) >= 11 is 0. The fraction of sp³-hybridized carbons (Fsp3) is 0.368. The van der Waals surface area contributed by atoms with Crippen LogP contribution in [0.2, 0.25) is 18.1 Å². The lowest BCUT2D eigenvalue weighted by Gasteiger charge is -2.36. The van der Waals surface area contributed by atoms with Crippen molar-refractivity contribution < 1.29 is 4.43 Å². The van der Waals surface area contributed by atoms with Gasteiger partial charge in [-0.25, -0.2) is 0 Å². The van der Waals surface area contributed by atoms with Crippen LogP contribution < -0.4 is 5.46 Å². The van der Waals surface area contributed by atoms with E-state index in [1.54, 1.807) is 0 Å². The topological polar surface area (TPSA) is 9.23 Å². The first-order valence-electron chi connectivity index (χ1n) is 7.78. The summed E-state index contributed by atoms with van der Waals surface area (Å²) in [4.78, 5) is 0. The lowest BCUT2D eigenvalue weighted by atomic mass is 9.93. The van der Waals surface area contributed by atoms with Crippen LogP contribution in [-0.4, -0.2) is 16.2 Å². The first-order valence-corrected chi connectivity index (χ1v) is 10.7. The zero-order valence-electron chi connectivity index (χ0n) is 14.3. The maximum atomic E-state index is 6.26. The second kappa shape index (κ2) is 6.43. The Bertz CT molecular complexity index is 609. The molecule has 0 unspecified atom stereocenters. The van der Waals surface area contributed by atoms with Gasteiger partial charge in [0.2, 0.25) is 0 Å². The summed E-state index contributed by atoms with van der Waals surface area (Å²) in [5, 5.41) is 0.247. The minimum absolute atomic E-state index is 0.247. The fourth-order valence-corrected chi connectivity index (χ4v) is 2.91. The SMILES string of the molecule is [B]c1ccc(-c2ccc(CO[Si](C)(C)C(C)(C)C)cc2)cc1. The summed E-state index contributed by atoms with van der Waals surface area (Å²) in [6.45, 7) is 12.1. The number of rotatable bonds is 4. The molecular weight excluding hydrogens is 283 g/mol. The van der Waals surface area contributed by atoms with Gasteiger partial charge in [-0.05, 0) is 34.8 Å². The molecule has 2 aromatic carbocycles. The van der Waals surface area contributed by atoms with E-state index >= 15 is 0 Å². The van der Waals surface area contributed by atoms with E-state index in [4.69, 9.17) is 12.3 Å². The molecule has 0 spiro atoms. The second-order valence-electron chi connectivity index (χ2n) is 7.37. The molecule has 1 nitrogen and oxygen atoms in total. The predicted molar refractivity (Wildman–Crippen MR) is 99.3 cm³/mol. The quantitative estimate of drug-likeness (QED) is 0.746. The normalized spacial score (nSPS) is 12.4. The summed E-state index contributed by atoms with van der Waals surface area (Å²) < 4.78 is 6.26. The molecule has 0 atom stereocenters. The third-order valence-electron chi connectivity index (χ3n) is 4.60. The van der Waals surface area contributed by atoms with Gasteiger partial charge in [0.05, 0.1) is 6.61 Å². The van der Waals surface area contributed by atoms with Crippen molar-refractivity contribution >= 4 is 21.6 Å². The maximum Gasteiger partial charge on any atom is 0.192 e. The van der Waals surface area contributed by atoms with E-state index in [9.17, 15) is 0 Å². The van der Waals surface area contributed by atoms with Crippen LogP contribution in [0.25, 0.3) is 11.1 Å². The lowest BCUT2D eigenvalue weighted by Crippen LogP contribution is -2.40. The molecule has 0 N–H and O–H groups in total. The van der Waals surface area contributed by atoms with E-state index in [1.165, 1.54) is 16.7 Å². The van der Waals surface area contributed by atoms with Gasteiger partial charge in [-0.2, -0.15) is 0 Å². The van der Waals surface area contributed by atoms with Crippen molar-refractivity contribution in [2.24, 2.45) is 0 Å². The Morgan fingerprint density at radius 2 is 1.32 bits per heavy atom. The monoisotopic (exact) mass is 308 g/mol. The minimum Gasteiger partial charge on any atom is -0.413 e. The van der Waals surface area contributed by atoms with E-state index in [1.807, 2.05) is 12.1 Å². The highest BCUT2D eigenvalue weighted by molar-refractivity contribution is 6.74. The van der Waals surface area contributed by atoms with Crippen molar-refractivity contribution in [2.45, 2.75) is 45.5 Å². The van der Waals surface area contributed by atoms with Gasteiger partial charge >= 0.3 is 0 Å². The Balaban J connectivity index is 2.05. The zero-order valence-corrected chi connectivity index (χ0v) is 15.3. The van der Waals surface area contributed by atoms with E-state index in [2.05, 4.69) is 70.3 Å². The van der Waals surface area contributed by atoms with Crippen LogP contribution in [0.3, 0.4) is 0 Å². The molecule has 2 rings (SSSR count). The van der Waals surface area contributed by atoms with Crippen LogP contribution in [0, 0.1) is 0 Å². The minimum atomic E-state index is -1.69. The summed E-state index contributed by atoms with van der Waals surface area (Å²) in [6, 6.07) is 16.6. The van der Waals surface area contributed by atoms with Crippen molar-refractivity contribution in [1.82, 2.24) is 0 Å². The van der Waals surface area contributed by atoms with Crippen molar-refractivity contribution in [2.75, 3.05) is 0 Å². The molecule has 2 aromatic rings. The van der Waals surface area contributed by atoms with Crippen molar-refractivity contribution in [3.05, 3.63) is 54.1 Å².